The summed E-state index contributed by atoms with van der Waals surface area (Å²) < 4.78 is 10.6. The molecule has 134 valence electrons. The lowest BCUT2D eigenvalue weighted by Crippen LogP contribution is -2.37. The lowest BCUT2D eigenvalue weighted by Gasteiger charge is -2.18. The second-order valence-corrected chi connectivity index (χ2v) is 12.8. The quantitative estimate of drug-likeness (QED) is 0.534. The summed E-state index contributed by atoms with van der Waals surface area (Å²) in [5.41, 5.74) is 1.11. The Morgan fingerprint density at radius 1 is 1.21 bits per heavy atom. The largest absolute Gasteiger partial charge is 0.382 e. The maximum atomic E-state index is 12.5. The van der Waals surface area contributed by atoms with Crippen LogP contribution < -0.4 is 5.19 Å². The van der Waals surface area contributed by atoms with Crippen LogP contribution in [0.2, 0.25) is 19.6 Å². The predicted octanol–water partition coefficient (Wildman–Crippen LogP) is 2.29. The molecule has 1 amide bonds. The summed E-state index contributed by atoms with van der Waals surface area (Å²) in [4.78, 5) is 14.5. The Morgan fingerprint density at radius 2 is 1.92 bits per heavy atom. The number of hydrogen-bond acceptors (Lipinski definition) is 3. The molecule has 1 aliphatic heterocycles. The minimum atomic E-state index is -1.27. The van der Waals surface area contributed by atoms with Crippen LogP contribution in [0.3, 0.4) is 0 Å². The second kappa shape index (κ2) is 8.79. The molecule has 24 heavy (non-hydrogen) atoms. The van der Waals surface area contributed by atoms with Gasteiger partial charge in [0, 0.05) is 26.1 Å². The topological polar surface area (TPSA) is 38.8 Å². The molecule has 1 aliphatic rings. The van der Waals surface area contributed by atoms with Gasteiger partial charge in [-0.15, -0.1) is 0 Å². The summed E-state index contributed by atoms with van der Waals surface area (Å²) in [6.45, 7) is 10.7. The summed E-state index contributed by atoms with van der Waals surface area (Å²) in [6, 6.07) is 8.64. The highest BCUT2D eigenvalue weighted by Gasteiger charge is 2.26. The van der Waals surface area contributed by atoms with Gasteiger partial charge in [0.1, 0.15) is 0 Å². The minimum Gasteiger partial charge on any atom is -0.382 e. The number of carbonyl (C=O) groups excluding carboxylic acids is 1. The molecule has 0 N–H and O–H groups in total. The summed E-state index contributed by atoms with van der Waals surface area (Å²) in [6.07, 6.45) is 1.54. The number of nitrogens with zero attached hydrogens (tertiary/aromatic N) is 1. The lowest BCUT2D eigenvalue weighted by atomic mass is 10.1. The fourth-order valence-corrected chi connectivity index (χ4v) is 4.16. The van der Waals surface area contributed by atoms with Crippen molar-refractivity contribution in [3.8, 4) is 0 Å². The van der Waals surface area contributed by atoms with Crippen LogP contribution in [0.1, 0.15) is 12.0 Å². The van der Waals surface area contributed by atoms with Crippen molar-refractivity contribution < 1.29 is 14.3 Å². The Labute approximate surface area is 147 Å². The molecule has 0 saturated carbocycles. The molecule has 1 unspecified atom stereocenters. The zero-order chi connectivity index (χ0) is 17.6. The van der Waals surface area contributed by atoms with Crippen LogP contribution in [0.15, 0.2) is 24.3 Å². The van der Waals surface area contributed by atoms with Crippen molar-refractivity contribution in [3.05, 3.63) is 29.8 Å². The van der Waals surface area contributed by atoms with Crippen LogP contribution in [0.25, 0.3) is 0 Å². The molecule has 1 aromatic carbocycles. The van der Waals surface area contributed by atoms with Crippen LogP contribution >= 0.6 is 0 Å². The van der Waals surface area contributed by atoms with E-state index in [1.54, 1.807) is 7.11 Å². The zero-order valence-electron chi connectivity index (χ0n) is 15.5. The lowest BCUT2D eigenvalue weighted by molar-refractivity contribution is -0.129. The number of ether oxygens (including phenoxy) is 2. The number of rotatable bonds is 8. The number of amides is 1. The van der Waals surface area contributed by atoms with Crippen LogP contribution in [-0.4, -0.2) is 58.9 Å². The van der Waals surface area contributed by atoms with E-state index in [1.165, 1.54) is 5.19 Å². The van der Waals surface area contributed by atoms with Crippen molar-refractivity contribution in [1.29, 1.82) is 0 Å². The normalized spacial score (nSPS) is 18.2. The minimum absolute atomic E-state index is 0.232. The zero-order valence-corrected chi connectivity index (χ0v) is 16.5. The third-order valence-electron chi connectivity index (χ3n) is 4.60. The molecule has 0 spiro atoms. The van der Waals surface area contributed by atoms with E-state index in [0.717, 1.165) is 31.7 Å². The molecule has 0 aliphatic carbocycles. The first kappa shape index (κ1) is 19.2. The highest BCUT2D eigenvalue weighted by atomic mass is 28.3. The molecule has 5 heteroatoms. The van der Waals surface area contributed by atoms with Gasteiger partial charge in [-0.3, -0.25) is 4.79 Å². The highest BCUT2D eigenvalue weighted by Crippen LogP contribution is 2.18. The van der Waals surface area contributed by atoms with Gasteiger partial charge in [0.15, 0.2) is 0 Å². The fourth-order valence-electron chi connectivity index (χ4n) is 3.00. The number of hydrogen-bond donors (Lipinski definition) is 0. The standard InChI is InChI=1S/C19H31NO3Si/c1-22-11-12-23-15-17-9-10-20(14-17)19(21)13-16-5-7-18(8-6-16)24(2,3)4/h5-8,17H,9-15H2,1-4H3. The number of likely N-dealkylation sites (tertiary alicyclic amines) is 1. The molecule has 4 nitrogen and oxygen atoms in total. The molecule has 0 aromatic heterocycles. The number of carbonyl (C=O) groups is 1. The van der Waals surface area contributed by atoms with Gasteiger partial charge < -0.3 is 14.4 Å². The van der Waals surface area contributed by atoms with Crippen molar-refractivity contribution in [2.45, 2.75) is 32.5 Å². The predicted molar refractivity (Wildman–Crippen MR) is 101 cm³/mol. The van der Waals surface area contributed by atoms with E-state index in [1.807, 2.05) is 4.90 Å². The Balaban J connectivity index is 1.79. The Kier molecular flexibility index (Phi) is 7.01. The van der Waals surface area contributed by atoms with Crippen molar-refractivity contribution in [2.75, 3.05) is 40.0 Å². The molecule has 0 radical (unpaired) electrons. The van der Waals surface area contributed by atoms with Gasteiger partial charge in [0.25, 0.3) is 0 Å². The van der Waals surface area contributed by atoms with Gasteiger partial charge in [-0.25, -0.2) is 0 Å². The molecule has 1 fully saturated rings. The van der Waals surface area contributed by atoms with Gasteiger partial charge in [-0.2, -0.15) is 0 Å². The van der Waals surface area contributed by atoms with E-state index < -0.39 is 8.07 Å². The molecule has 1 aromatic rings. The van der Waals surface area contributed by atoms with Crippen LogP contribution in [0.5, 0.6) is 0 Å². The van der Waals surface area contributed by atoms with E-state index in [2.05, 4.69) is 43.9 Å². The molecule has 1 saturated heterocycles. The second-order valence-electron chi connectivity index (χ2n) is 7.69. The summed E-state index contributed by atoms with van der Waals surface area (Å²) in [7, 11) is 0.408. The summed E-state index contributed by atoms with van der Waals surface area (Å²) in [5.74, 6) is 0.690. The molecule has 1 heterocycles. The van der Waals surface area contributed by atoms with Crippen LogP contribution in [-0.2, 0) is 20.7 Å². The number of methoxy groups -OCH3 is 1. The average Bonchev–Trinajstić information content (AvgIpc) is 3.00. The molecule has 1 atom stereocenters. The molecule has 0 bridgehead atoms. The van der Waals surface area contributed by atoms with Crippen molar-refractivity contribution in [2.24, 2.45) is 5.92 Å². The highest BCUT2D eigenvalue weighted by molar-refractivity contribution is 6.88. The molecular weight excluding hydrogens is 318 g/mol. The Morgan fingerprint density at radius 3 is 2.54 bits per heavy atom. The van der Waals surface area contributed by atoms with Gasteiger partial charge >= 0.3 is 0 Å². The fraction of sp³-hybridized carbons (Fsp3) is 0.632. The van der Waals surface area contributed by atoms with E-state index in [9.17, 15) is 4.79 Å². The van der Waals surface area contributed by atoms with Gasteiger partial charge in [-0.05, 0) is 12.0 Å². The van der Waals surface area contributed by atoms with E-state index in [-0.39, 0.29) is 5.91 Å². The molecular formula is C19H31NO3Si. The van der Waals surface area contributed by atoms with Gasteiger partial charge in [-0.1, -0.05) is 49.1 Å². The maximum Gasteiger partial charge on any atom is 0.227 e. The SMILES string of the molecule is COCCOCC1CCN(C(=O)Cc2ccc([Si](C)(C)C)cc2)C1. The van der Waals surface area contributed by atoms with Gasteiger partial charge in [0.2, 0.25) is 5.91 Å². The summed E-state index contributed by atoms with van der Waals surface area (Å²) in [5, 5.41) is 1.44. The first-order valence-electron chi connectivity index (χ1n) is 8.84. The van der Waals surface area contributed by atoms with E-state index in [0.29, 0.717) is 25.6 Å². The first-order chi connectivity index (χ1) is 11.4. The van der Waals surface area contributed by atoms with Crippen molar-refractivity contribution >= 4 is 19.2 Å². The average molecular weight is 350 g/mol. The van der Waals surface area contributed by atoms with Crippen molar-refractivity contribution in [3.63, 3.8) is 0 Å². The van der Waals surface area contributed by atoms with E-state index in [4.69, 9.17) is 9.47 Å². The smallest absolute Gasteiger partial charge is 0.227 e. The first-order valence-corrected chi connectivity index (χ1v) is 12.3. The third kappa shape index (κ3) is 5.72. The molecule has 2 rings (SSSR count). The van der Waals surface area contributed by atoms with Crippen LogP contribution in [0.4, 0.5) is 0 Å². The van der Waals surface area contributed by atoms with E-state index >= 15 is 0 Å². The number of benzene rings is 1. The maximum absolute atomic E-state index is 12.5. The Hall–Kier alpha value is -1.17. The summed E-state index contributed by atoms with van der Waals surface area (Å²) >= 11 is 0. The monoisotopic (exact) mass is 349 g/mol. The van der Waals surface area contributed by atoms with Crippen molar-refractivity contribution in [1.82, 2.24) is 4.90 Å². The van der Waals surface area contributed by atoms with Gasteiger partial charge in [0.05, 0.1) is 34.3 Å². The van der Waals surface area contributed by atoms with Crippen LogP contribution in [0, 0.1) is 5.92 Å². The third-order valence-corrected chi connectivity index (χ3v) is 6.66. The Bertz CT molecular complexity index is 524.